The average Bonchev–Trinajstić information content (AvgIpc) is 4.12. The number of halogens is 1. The molecule has 0 saturated carbocycles. The predicted molar refractivity (Wildman–Crippen MR) is 247 cm³/mol. The molecule has 0 spiro atoms. The number of thiophene rings is 2. The molecule has 62 heavy (non-hydrogen) atoms. The molecule has 15 heteroatoms. The van der Waals surface area contributed by atoms with Crippen LogP contribution in [0.2, 0.25) is 5.15 Å². The van der Waals surface area contributed by atoms with Gasteiger partial charge in [-0.1, -0.05) is 29.8 Å². The van der Waals surface area contributed by atoms with Gasteiger partial charge in [-0.05, 0) is 137 Å². The fraction of sp³-hybridized carbons (Fsp3) is 0.319. The van der Waals surface area contributed by atoms with Crippen LogP contribution in [0.15, 0.2) is 61.5 Å². The molecule has 11 nitrogen and oxygen atoms in total. The van der Waals surface area contributed by atoms with E-state index in [2.05, 4.69) is 60.4 Å². The molecule has 6 aromatic heterocycles. The first-order chi connectivity index (χ1) is 30.1. The fourth-order valence-corrected chi connectivity index (χ4v) is 10.7. The average molecular weight is 884 g/mol. The van der Waals surface area contributed by atoms with Gasteiger partial charge in [0.25, 0.3) is 5.91 Å². The molecule has 0 aliphatic heterocycles. The molecular weight excluding hydrogens is 837 g/mol. The third kappa shape index (κ3) is 10.2. The number of aromatic nitrogens is 6. The molecule has 10 rings (SSSR count). The number of pyridine rings is 2. The van der Waals surface area contributed by atoms with Gasteiger partial charge in [-0.25, -0.2) is 19.9 Å². The largest absolute Gasteiger partial charge is 0.490 e. The summed E-state index contributed by atoms with van der Waals surface area (Å²) >= 11 is 9.07. The maximum absolute atomic E-state index is 12.7. The van der Waals surface area contributed by atoms with Crippen LogP contribution in [0.3, 0.4) is 0 Å². The second-order valence-corrected chi connectivity index (χ2v) is 18.5. The minimum absolute atomic E-state index is 0.0723. The van der Waals surface area contributed by atoms with Gasteiger partial charge in [-0.3, -0.25) is 19.6 Å². The first kappa shape index (κ1) is 43.4. The van der Waals surface area contributed by atoms with Gasteiger partial charge in [0.15, 0.2) is 5.78 Å². The highest BCUT2D eigenvalue weighted by molar-refractivity contribution is 7.14. The number of carbonyl (C=O) groups is 2. The Kier molecular flexibility index (Phi) is 13.9. The minimum atomic E-state index is -1.53. The van der Waals surface area contributed by atoms with E-state index in [1.165, 1.54) is 64.7 Å². The Bertz CT molecular complexity index is 2650. The second-order valence-electron chi connectivity index (χ2n) is 15.9. The highest BCUT2D eigenvalue weighted by atomic mass is 35.5. The van der Waals surface area contributed by atoms with Gasteiger partial charge in [0.05, 0.1) is 39.1 Å². The minimum Gasteiger partial charge on any atom is -0.423 e. The summed E-state index contributed by atoms with van der Waals surface area (Å²) in [5.41, 5.74) is 12.9. The van der Waals surface area contributed by atoms with Crippen LogP contribution in [-0.4, -0.2) is 58.8 Å². The smallest absolute Gasteiger partial charge is 0.423 e. The van der Waals surface area contributed by atoms with E-state index in [0.29, 0.717) is 30.0 Å². The molecule has 0 fully saturated rings. The maximum atomic E-state index is 12.7. The number of hydrogen-bond acceptors (Lipinski definition) is 12. The van der Waals surface area contributed by atoms with Crippen LogP contribution in [0.4, 0.5) is 0 Å². The van der Waals surface area contributed by atoms with Crippen molar-refractivity contribution in [3.05, 3.63) is 142 Å². The van der Waals surface area contributed by atoms with E-state index in [-0.39, 0.29) is 11.7 Å². The molecule has 0 aromatic carbocycles. The van der Waals surface area contributed by atoms with Crippen molar-refractivity contribution >= 4 is 70.7 Å². The highest BCUT2D eigenvalue weighted by Gasteiger charge is 2.21. The Morgan fingerprint density at radius 3 is 2.00 bits per heavy atom. The molecule has 0 radical (unpaired) electrons. The molecule has 0 saturated heterocycles. The first-order valence-electron chi connectivity index (χ1n) is 21.1. The number of fused-ring (bicyclic) bond motifs is 4. The van der Waals surface area contributed by atoms with Crippen LogP contribution in [0.5, 0.6) is 0 Å². The summed E-state index contributed by atoms with van der Waals surface area (Å²) in [5, 5.41) is 21.7. The van der Waals surface area contributed by atoms with Gasteiger partial charge < -0.3 is 15.4 Å². The summed E-state index contributed by atoms with van der Waals surface area (Å²) in [5.74, 6) is 0.172. The van der Waals surface area contributed by atoms with Crippen LogP contribution >= 0.6 is 34.3 Å². The molecule has 4 aliphatic carbocycles. The van der Waals surface area contributed by atoms with Gasteiger partial charge in [-0.15, -0.1) is 22.7 Å². The van der Waals surface area contributed by atoms with Crippen LogP contribution in [-0.2, 0) is 51.5 Å². The summed E-state index contributed by atoms with van der Waals surface area (Å²) < 4.78 is 0. The first-order valence-corrected chi connectivity index (χ1v) is 23.1. The van der Waals surface area contributed by atoms with Crippen molar-refractivity contribution in [3.8, 4) is 11.3 Å². The zero-order chi connectivity index (χ0) is 43.2. The molecule has 3 N–H and O–H groups in total. The molecule has 1 amide bonds. The molecule has 4 aliphatic rings. The number of carbonyl (C=O) groups excluding carboxylic acids is 2. The molecular formula is C47H47BClN7O4S2. The summed E-state index contributed by atoms with van der Waals surface area (Å²) in [6, 6.07) is 7.95. The molecule has 6 aromatic rings. The highest BCUT2D eigenvalue weighted by Crippen LogP contribution is 2.32. The van der Waals surface area contributed by atoms with Gasteiger partial charge in [0.2, 0.25) is 0 Å². The van der Waals surface area contributed by atoms with E-state index in [9.17, 15) is 9.59 Å². The number of nitrogens with zero attached hydrogens (tertiary/aromatic N) is 6. The summed E-state index contributed by atoms with van der Waals surface area (Å²) in [4.78, 5) is 55.1. The lowest BCUT2D eigenvalue weighted by atomic mass is 9.81. The maximum Gasteiger partial charge on any atom is 0.490 e. The summed E-state index contributed by atoms with van der Waals surface area (Å²) in [6.07, 6.45) is 26.8. The zero-order valence-electron chi connectivity index (χ0n) is 34.8. The van der Waals surface area contributed by atoms with Crippen molar-refractivity contribution in [3.63, 3.8) is 0 Å². The third-order valence-electron chi connectivity index (χ3n) is 11.6. The fourth-order valence-electron chi connectivity index (χ4n) is 8.11. The second kappa shape index (κ2) is 19.9. The number of aryl methyl sites for hydroxylation is 7. The standard InChI is InChI=1S/C24H23N3OS.C16H19BN2O3S.C7H5ClN2/c1-15-11-17(24-18-6-4-7-20(18)26-14-27-24)13-25-19(15)9-10-21(28)23-12-16-5-2-3-8-22(16)29-23;1-10-6-12(17(21)22)8-18-13(10)9-19-16(20)15-7-11-4-2-3-5-14(11)23-15;8-7-5-2-1-3-6(5)9-4-10-7/h4,7,11-14H,2-3,5-6,8-10H2,1H3;6-8,21-22H,2-5,9H2,1H3,(H,19,20);1,3-4H,2H2. The number of nitrogens with one attached hydrogen (secondary N) is 1. The normalized spacial score (nSPS) is 14.1. The van der Waals surface area contributed by atoms with Crippen molar-refractivity contribution in [2.45, 2.75) is 97.4 Å². The Hall–Kier alpha value is -5.25. The third-order valence-corrected chi connectivity index (χ3v) is 14.4. The quantitative estimate of drug-likeness (QED) is 0.0742. The van der Waals surface area contributed by atoms with E-state index in [0.717, 1.165) is 99.0 Å². The molecule has 0 bridgehead atoms. The Labute approximate surface area is 374 Å². The molecule has 316 valence electrons. The van der Waals surface area contributed by atoms with E-state index in [4.69, 9.17) is 21.6 Å². The Balaban J connectivity index is 0.000000142. The monoisotopic (exact) mass is 883 g/mol. The van der Waals surface area contributed by atoms with Crippen LogP contribution in [0.25, 0.3) is 23.4 Å². The van der Waals surface area contributed by atoms with E-state index < -0.39 is 7.12 Å². The van der Waals surface area contributed by atoms with E-state index in [1.807, 2.05) is 37.4 Å². The Morgan fingerprint density at radius 1 is 0.726 bits per heavy atom. The number of amides is 1. The zero-order valence-corrected chi connectivity index (χ0v) is 37.2. The van der Waals surface area contributed by atoms with E-state index in [1.54, 1.807) is 35.1 Å². The van der Waals surface area contributed by atoms with Gasteiger partial charge in [0.1, 0.15) is 17.8 Å². The lowest BCUT2D eigenvalue weighted by Gasteiger charge is -2.10. The Morgan fingerprint density at radius 2 is 1.34 bits per heavy atom. The number of allylic oxidation sites excluding steroid dienone is 2. The van der Waals surface area contributed by atoms with E-state index >= 15 is 0 Å². The van der Waals surface area contributed by atoms with Crippen molar-refractivity contribution in [1.29, 1.82) is 0 Å². The number of ketones is 1. The van der Waals surface area contributed by atoms with Crippen molar-refractivity contribution < 1.29 is 19.6 Å². The lowest BCUT2D eigenvalue weighted by Crippen LogP contribution is -2.31. The van der Waals surface area contributed by atoms with Crippen LogP contribution < -0.4 is 10.8 Å². The van der Waals surface area contributed by atoms with Gasteiger partial charge >= 0.3 is 7.12 Å². The number of Topliss-reactive ketones (excluding diaryl/α,β-unsaturated/α-hetero) is 1. The molecule has 0 atom stereocenters. The van der Waals surface area contributed by atoms with Crippen LogP contribution in [0, 0.1) is 13.8 Å². The molecule has 6 heterocycles. The van der Waals surface area contributed by atoms with Gasteiger partial charge in [-0.2, -0.15) is 0 Å². The molecule has 0 unspecified atom stereocenters. The van der Waals surface area contributed by atoms with Crippen molar-refractivity contribution in [2.24, 2.45) is 0 Å². The number of rotatable bonds is 9. The predicted octanol–water partition coefficient (Wildman–Crippen LogP) is 7.81. The SMILES string of the molecule is Cc1cc(-c2ncnc3c2CC=C3)cnc1CCC(=O)c1cc2c(s1)CCCC2.Cc1cc(B(O)O)cnc1CNC(=O)c1cc2c(s1)CCCC2.Clc1ncnc2c1CC=C2. The number of hydrogen-bond donors (Lipinski definition) is 3. The topological polar surface area (TPSA) is 164 Å². The lowest BCUT2D eigenvalue weighted by molar-refractivity contribution is 0.0952. The summed E-state index contributed by atoms with van der Waals surface area (Å²) in [6.45, 7) is 4.24. The van der Waals surface area contributed by atoms with Crippen molar-refractivity contribution in [2.75, 3.05) is 0 Å². The van der Waals surface area contributed by atoms with Crippen LogP contribution in [0.1, 0.15) is 117 Å². The summed E-state index contributed by atoms with van der Waals surface area (Å²) in [7, 11) is -1.53. The van der Waals surface area contributed by atoms with Crippen molar-refractivity contribution in [1.82, 2.24) is 35.2 Å². The van der Waals surface area contributed by atoms with Gasteiger partial charge in [0, 0.05) is 56.4 Å².